The molecule has 1 aromatic carbocycles. The van der Waals surface area contributed by atoms with Crippen molar-refractivity contribution < 1.29 is 9.59 Å². The zero-order chi connectivity index (χ0) is 14.7. The number of carbonyl (C=O) groups is 2. The highest BCUT2D eigenvalue weighted by atomic mass is 32.2. The van der Waals surface area contributed by atoms with Gasteiger partial charge in [-0.1, -0.05) is 29.3 Å². The summed E-state index contributed by atoms with van der Waals surface area (Å²) in [5.41, 5.74) is 3.29. The zero-order valence-electron chi connectivity index (χ0n) is 12.1. The fourth-order valence-corrected chi connectivity index (χ4v) is 2.97. The molecule has 108 valence electrons. The Hall–Kier alpha value is -1.49. The van der Waals surface area contributed by atoms with Crippen molar-refractivity contribution in [3.05, 3.63) is 34.9 Å². The van der Waals surface area contributed by atoms with E-state index in [4.69, 9.17) is 0 Å². The van der Waals surface area contributed by atoms with E-state index in [1.807, 2.05) is 32.2 Å². The molecule has 3 amide bonds. The number of carbonyl (C=O) groups excluding carboxylic acids is 2. The number of hydrogen-bond donors (Lipinski definition) is 1. The topological polar surface area (TPSA) is 49.4 Å². The average Bonchev–Trinajstić information content (AvgIpc) is 2.63. The van der Waals surface area contributed by atoms with Crippen molar-refractivity contribution in [3.63, 3.8) is 0 Å². The second kappa shape index (κ2) is 6.31. The number of hydrogen-bond acceptors (Lipinski definition) is 3. The largest absolute Gasteiger partial charge is 0.326 e. The van der Waals surface area contributed by atoms with Crippen molar-refractivity contribution in [1.82, 2.24) is 10.2 Å². The molecule has 1 aliphatic rings. The molecule has 1 fully saturated rings. The number of benzene rings is 1. The number of imide groups is 1. The van der Waals surface area contributed by atoms with Crippen LogP contribution < -0.4 is 5.32 Å². The molecule has 0 aromatic heterocycles. The molecule has 5 heteroatoms. The minimum atomic E-state index is -0.360. The molecule has 4 nitrogen and oxygen atoms in total. The van der Waals surface area contributed by atoms with Crippen LogP contribution in [0.5, 0.6) is 0 Å². The molecule has 2 rings (SSSR count). The van der Waals surface area contributed by atoms with Crippen LogP contribution in [-0.2, 0) is 11.3 Å². The number of urea groups is 1. The number of rotatable bonds is 5. The van der Waals surface area contributed by atoms with Crippen molar-refractivity contribution in [3.8, 4) is 0 Å². The van der Waals surface area contributed by atoms with Crippen LogP contribution in [-0.4, -0.2) is 34.9 Å². The standard InChI is InChI=1S/C15H20N2O2S/c1-10-6-11(2)8-12(7-10)9-17-14(18)13(4-5-20-3)16-15(17)19/h6-8,13H,4-5,9H2,1-3H3,(H,16,19)/t13-/m1/s1. The minimum absolute atomic E-state index is 0.108. The maximum absolute atomic E-state index is 12.2. The first kappa shape index (κ1) is 14.9. The molecule has 1 N–H and O–H groups in total. The van der Waals surface area contributed by atoms with Crippen molar-refractivity contribution in [2.45, 2.75) is 32.9 Å². The first-order valence-electron chi connectivity index (χ1n) is 6.69. The molecule has 1 atom stereocenters. The van der Waals surface area contributed by atoms with E-state index in [-0.39, 0.29) is 18.0 Å². The fraction of sp³-hybridized carbons (Fsp3) is 0.467. The Morgan fingerprint density at radius 3 is 2.45 bits per heavy atom. The second-order valence-corrected chi connectivity index (χ2v) is 6.19. The monoisotopic (exact) mass is 292 g/mol. The van der Waals surface area contributed by atoms with Gasteiger partial charge in [0.25, 0.3) is 5.91 Å². The predicted molar refractivity (Wildman–Crippen MR) is 81.8 cm³/mol. The summed E-state index contributed by atoms with van der Waals surface area (Å²) in [5, 5.41) is 2.76. The van der Waals surface area contributed by atoms with Crippen molar-refractivity contribution in [2.24, 2.45) is 0 Å². The van der Waals surface area contributed by atoms with Gasteiger partial charge in [0, 0.05) is 0 Å². The molecule has 0 spiro atoms. The maximum atomic E-state index is 12.2. The summed E-state index contributed by atoms with van der Waals surface area (Å²) in [7, 11) is 0. The molecular formula is C15H20N2O2S. The Balaban J connectivity index is 2.09. The van der Waals surface area contributed by atoms with Gasteiger partial charge in [-0.15, -0.1) is 0 Å². The summed E-state index contributed by atoms with van der Waals surface area (Å²) in [5.74, 6) is 0.761. The van der Waals surface area contributed by atoms with E-state index in [1.165, 1.54) is 4.90 Å². The zero-order valence-corrected chi connectivity index (χ0v) is 12.9. The van der Waals surface area contributed by atoms with Crippen LogP contribution in [0.3, 0.4) is 0 Å². The lowest BCUT2D eigenvalue weighted by molar-refractivity contribution is -0.127. The van der Waals surface area contributed by atoms with Crippen LogP contribution in [0.1, 0.15) is 23.1 Å². The van der Waals surface area contributed by atoms with Crippen LogP contribution in [0.15, 0.2) is 18.2 Å². The first-order valence-corrected chi connectivity index (χ1v) is 8.08. The summed E-state index contributed by atoms with van der Waals surface area (Å²) >= 11 is 1.68. The number of aryl methyl sites for hydroxylation is 2. The molecule has 1 saturated heterocycles. The quantitative estimate of drug-likeness (QED) is 0.848. The van der Waals surface area contributed by atoms with E-state index in [0.29, 0.717) is 13.0 Å². The molecule has 0 unspecified atom stereocenters. The van der Waals surface area contributed by atoms with Gasteiger partial charge in [-0.2, -0.15) is 11.8 Å². The average molecular weight is 292 g/mol. The Kier molecular flexibility index (Phi) is 4.70. The first-order chi connectivity index (χ1) is 9.51. The van der Waals surface area contributed by atoms with E-state index >= 15 is 0 Å². The predicted octanol–water partition coefficient (Wildman–Crippen LogP) is 2.48. The van der Waals surface area contributed by atoms with Gasteiger partial charge in [0.2, 0.25) is 0 Å². The fourth-order valence-electron chi connectivity index (χ4n) is 2.50. The lowest BCUT2D eigenvalue weighted by Crippen LogP contribution is -2.31. The van der Waals surface area contributed by atoms with Gasteiger partial charge in [-0.3, -0.25) is 9.69 Å². The summed E-state index contributed by atoms with van der Waals surface area (Å²) in [4.78, 5) is 25.5. The molecule has 1 aromatic rings. The van der Waals surface area contributed by atoms with Gasteiger partial charge >= 0.3 is 6.03 Å². The van der Waals surface area contributed by atoms with Crippen LogP contribution in [0.25, 0.3) is 0 Å². The lowest BCUT2D eigenvalue weighted by Gasteiger charge is -2.14. The third-order valence-electron chi connectivity index (χ3n) is 3.34. The maximum Gasteiger partial charge on any atom is 0.325 e. The smallest absolute Gasteiger partial charge is 0.325 e. The highest BCUT2D eigenvalue weighted by molar-refractivity contribution is 7.98. The SMILES string of the molecule is CSCC[C@H]1NC(=O)N(Cc2cc(C)cc(C)c2)C1=O. The molecule has 20 heavy (non-hydrogen) atoms. The summed E-state index contributed by atoms with van der Waals surface area (Å²) in [6.45, 7) is 4.39. The summed E-state index contributed by atoms with van der Waals surface area (Å²) < 4.78 is 0. The van der Waals surface area contributed by atoms with E-state index in [2.05, 4.69) is 11.4 Å². The molecule has 0 bridgehead atoms. The molecule has 0 radical (unpaired) electrons. The highest BCUT2D eigenvalue weighted by Crippen LogP contribution is 2.17. The highest BCUT2D eigenvalue weighted by Gasteiger charge is 2.37. The minimum Gasteiger partial charge on any atom is -0.326 e. The van der Waals surface area contributed by atoms with Crippen molar-refractivity contribution in [2.75, 3.05) is 12.0 Å². The molecular weight excluding hydrogens is 272 g/mol. The number of nitrogens with one attached hydrogen (secondary N) is 1. The molecule has 0 aliphatic carbocycles. The lowest BCUT2D eigenvalue weighted by atomic mass is 10.1. The number of nitrogens with zero attached hydrogens (tertiary/aromatic N) is 1. The Morgan fingerprint density at radius 1 is 1.20 bits per heavy atom. The van der Waals surface area contributed by atoms with E-state index < -0.39 is 0 Å². The summed E-state index contributed by atoms with van der Waals surface area (Å²) in [6.07, 6.45) is 2.68. The molecule has 1 heterocycles. The number of amides is 3. The Bertz CT molecular complexity index is 510. The van der Waals surface area contributed by atoms with Crippen molar-refractivity contribution >= 4 is 23.7 Å². The van der Waals surface area contributed by atoms with Crippen LogP contribution >= 0.6 is 11.8 Å². The van der Waals surface area contributed by atoms with E-state index in [0.717, 1.165) is 22.4 Å². The van der Waals surface area contributed by atoms with E-state index in [9.17, 15) is 9.59 Å². The number of thioether (sulfide) groups is 1. The Labute approximate surface area is 123 Å². The summed E-state index contributed by atoms with van der Waals surface area (Å²) in [6, 6.07) is 5.48. The van der Waals surface area contributed by atoms with Gasteiger partial charge < -0.3 is 5.32 Å². The second-order valence-electron chi connectivity index (χ2n) is 5.20. The van der Waals surface area contributed by atoms with Gasteiger partial charge in [0.1, 0.15) is 6.04 Å². The van der Waals surface area contributed by atoms with Gasteiger partial charge in [0.05, 0.1) is 6.54 Å². The van der Waals surface area contributed by atoms with Gasteiger partial charge in [0.15, 0.2) is 0 Å². The van der Waals surface area contributed by atoms with E-state index in [1.54, 1.807) is 11.8 Å². The van der Waals surface area contributed by atoms with Gasteiger partial charge in [-0.25, -0.2) is 4.79 Å². The third-order valence-corrected chi connectivity index (χ3v) is 3.98. The third kappa shape index (κ3) is 3.33. The normalized spacial score (nSPS) is 18.6. The molecule has 1 aliphatic heterocycles. The van der Waals surface area contributed by atoms with Crippen molar-refractivity contribution in [1.29, 1.82) is 0 Å². The van der Waals surface area contributed by atoms with Crippen LogP contribution in [0.2, 0.25) is 0 Å². The van der Waals surface area contributed by atoms with Crippen LogP contribution in [0.4, 0.5) is 4.79 Å². The van der Waals surface area contributed by atoms with Gasteiger partial charge in [-0.05, 0) is 37.8 Å². The Morgan fingerprint density at radius 2 is 1.85 bits per heavy atom. The van der Waals surface area contributed by atoms with Crippen LogP contribution in [0, 0.1) is 13.8 Å². The molecule has 0 saturated carbocycles.